The molecule has 1 amide bonds. The van der Waals surface area contributed by atoms with Crippen LogP contribution in [0.2, 0.25) is 0 Å². The Kier molecular flexibility index (Phi) is 6.99. The number of rotatable bonds is 8. The van der Waals surface area contributed by atoms with Crippen molar-refractivity contribution in [2.75, 3.05) is 11.9 Å². The SMILES string of the molecule is CCOc1ccc(NC(=O)[C@H](Cc2cc(C)cc(C)c2)[C@H](C)C(=O)O)cc1. The minimum absolute atomic E-state index is 0.298. The van der Waals surface area contributed by atoms with Crippen molar-refractivity contribution in [1.29, 1.82) is 0 Å². The van der Waals surface area contributed by atoms with E-state index in [1.165, 1.54) is 0 Å². The number of aliphatic carboxylic acids is 1. The van der Waals surface area contributed by atoms with E-state index >= 15 is 0 Å². The Morgan fingerprint density at radius 2 is 1.67 bits per heavy atom. The molecule has 0 aliphatic carbocycles. The predicted octanol–water partition coefficient (Wildman–Crippen LogP) is 4.22. The average Bonchev–Trinajstić information content (AvgIpc) is 2.60. The number of aryl methyl sites for hydroxylation is 2. The molecule has 0 radical (unpaired) electrons. The van der Waals surface area contributed by atoms with Crippen molar-refractivity contribution in [3.8, 4) is 5.75 Å². The molecule has 0 unspecified atom stereocenters. The van der Waals surface area contributed by atoms with Crippen molar-refractivity contribution in [3.05, 3.63) is 59.2 Å². The van der Waals surface area contributed by atoms with Gasteiger partial charge in [-0.15, -0.1) is 0 Å². The van der Waals surface area contributed by atoms with E-state index in [2.05, 4.69) is 11.4 Å². The number of anilines is 1. The van der Waals surface area contributed by atoms with Gasteiger partial charge in [-0.3, -0.25) is 9.59 Å². The van der Waals surface area contributed by atoms with Crippen LogP contribution in [0, 0.1) is 25.7 Å². The summed E-state index contributed by atoms with van der Waals surface area (Å²) in [6.45, 7) is 8.03. The van der Waals surface area contributed by atoms with E-state index in [9.17, 15) is 14.7 Å². The summed E-state index contributed by atoms with van der Waals surface area (Å²) in [6.07, 6.45) is 0.374. The minimum Gasteiger partial charge on any atom is -0.494 e. The minimum atomic E-state index is -0.980. The largest absolute Gasteiger partial charge is 0.494 e. The molecule has 5 heteroatoms. The summed E-state index contributed by atoms with van der Waals surface area (Å²) in [5.41, 5.74) is 3.77. The fraction of sp³-hybridized carbons (Fsp3) is 0.364. The van der Waals surface area contributed by atoms with Crippen LogP contribution in [-0.4, -0.2) is 23.6 Å². The number of carbonyl (C=O) groups excluding carboxylic acids is 1. The first-order chi connectivity index (χ1) is 12.8. The highest BCUT2D eigenvalue weighted by molar-refractivity contribution is 5.95. The summed E-state index contributed by atoms with van der Waals surface area (Å²) < 4.78 is 5.39. The van der Waals surface area contributed by atoms with Crippen LogP contribution in [0.1, 0.15) is 30.5 Å². The summed E-state index contributed by atoms with van der Waals surface area (Å²) in [5, 5.41) is 12.3. The average molecular weight is 369 g/mol. The second kappa shape index (κ2) is 9.21. The van der Waals surface area contributed by atoms with E-state index in [4.69, 9.17) is 4.74 Å². The molecule has 0 saturated carbocycles. The van der Waals surface area contributed by atoms with Crippen molar-refractivity contribution in [1.82, 2.24) is 0 Å². The van der Waals surface area contributed by atoms with Crippen LogP contribution >= 0.6 is 0 Å². The predicted molar refractivity (Wildman–Crippen MR) is 106 cm³/mol. The monoisotopic (exact) mass is 369 g/mol. The number of nitrogens with one attached hydrogen (secondary N) is 1. The number of carbonyl (C=O) groups is 2. The molecule has 2 atom stereocenters. The first kappa shape index (κ1) is 20.5. The Morgan fingerprint density at radius 3 is 2.19 bits per heavy atom. The van der Waals surface area contributed by atoms with Gasteiger partial charge in [-0.2, -0.15) is 0 Å². The van der Waals surface area contributed by atoms with Crippen molar-refractivity contribution in [2.45, 2.75) is 34.1 Å². The van der Waals surface area contributed by atoms with Gasteiger partial charge in [-0.25, -0.2) is 0 Å². The summed E-state index contributed by atoms with van der Waals surface area (Å²) in [6, 6.07) is 13.1. The third-order valence-electron chi connectivity index (χ3n) is 4.50. The van der Waals surface area contributed by atoms with E-state index in [1.807, 2.05) is 32.9 Å². The van der Waals surface area contributed by atoms with Gasteiger partial charge < -0.3 is 15.2 Å². The summed E-state index contributed by atoms with van der Waals surface area (Å²) in [7, 11) is 0. The van der Waals surface area contributed by atoms with E-state index < -0.39 is 17.8 Å². The molecule has 0 bridgehead atoms. The zero-order chi connectivity index (χ0) is 20.0. The first-order valence-corrected chi connectivity index (χ1v) is 9.14. The molecule has 0 fully saturated rings. The maximum Gasteiger partial charge on any atom is 0.307 e. The van der Waals surface area contributed by atoms with Crippen LogP contribution in [0.4, 0.5) is 5.69 Å². The van der Waals surface area contributed by atoms with Crippen LogP contribution in [0.5, 0.6) is 5.75 Å². The van der Waals surface area contributed by atoms with Crippen LogP contribution in [-0.2, 0) is 16.0 Å². The summed E-state index contributed by atoms with van der Waals surface area (Å²) >= 11 is 0. The summed E-state index contributed by atoms with van der Waals surface area (Å²) in [4.78, 5) is 24.4. The highest BCUT2D eigenvalue weighted by Gasteiger charge is 2.30. The van der Waals surface area contributed by atoms with Gasteiger partial charge in [0, 0.05) is 5.69 Å². The molecule has 2 aromatic rings. The maximum atomic E-state index is 12.8. The van der Waals surface area contributed by atoms with Crippen LogP contribution < -0.4 is 10.1 Å². The van der Waals surface area contributed by atoms with Gasteiger partial charge in [0.15, 0.2) is 0 Å². The van der Waals surface area contributed by atoms with Crippen molar-refractivity contribution < 1.29 is 19.4 Å². The molecule has 0 heterocycles. The Labute approximate surface area is 160 Å². The Balaban J connectivity index is 2.19. The molecule has 0 aliphatic rings. The summed E-state index contributed by atoms with van der Waals surface area (Å²) in [5.74, 6) is -2.02. The van der Waals surface area contributed by atoms with E-state index in [0.29, 0.717) is 18.7 Å². The second-order valence-corrected chi connectivity index (χ2v) is 6.88. The Bertz CT molecular complexity index is 778. The molecule has 0 spiro atoms. The number of hydrogen-bond acceptors (Lipinski definition) is 3. The molecule has 0 aromatic heterocycles. The molecule has 2 aromatic carbocycles. The zero-order valence-electron chi connectivity index (χ0n) is 16.3. The molecule has 2 N–H and O–H groups in total. The van der Waals surface area contributed by atoms with E-state index in [-0.39, 0.29) is 5.91 Å². The smallest absolute Gasteiger partial charge is 0.307 e. The second-order valence-electron chi connectivity index (χ2n) is 6.88. The van der Waals surface area contributed by atoms with Crippen LogP contribution in [0.15, 0.2) is 42.5 Å². The quantitative estimate of drug-likeness (QED) is 0.730. The molecular formula is C22H27NO4. The highest BCUT2D eigenvalue weighted by atomic mass is 16.5. The number of ether oxygens (including phenoxy) is 1. The lowest BCUT2D eigenvalue weighted by Crippen LogP contribution is -2.33. The number of hydrogen-bond donors (Lipinski definition) is 2. The molecule has 5 nitrogen and oxygen atoms in total. The standard InChI is InChI=1S/C22H27NO4/c1-5-27-19-8-6-18(7-9-19)23-21(24)20(16(4)22(25)26)13-17-11-14(2)10-15(3)12-17/h6-12,16,20H,5,13H2,1-4H3,(H,23,24)(H,25,26)/t16-,20+/m0/s1. The van der Waals surface area contributed by atoms with Gasteiger partial charge >= 0.3 is 5.97 Å². The maximum absolute atomic E-state index is 12.8. The van der Waals surface area contributed by atoms with Crippen molar-refractivity contribution >= 4 is 17.6 Å². The molecule has 2 rings (SSSR count). The van der Waals surface area contributed by atoms with Crippen LogP contribution in [0.3, 0.4) is 0 Å². The third-order valence-corrected chi connectivity index (χ3v) is 4.50. The zero-order valence-corrected chi connectivity index (χ0v) is 16.3. The molecule has 0 aliphatic heterocycles. The Morgan fingerprint density at radius 1 is 1.07 bits per heavy atom. The Hall–Kier alpha value is -2.82. The van der Waals surface area contributed by atoms with Gasteiger partial charge in [0.25, 0.3) is 0 Å². The number of benzene rings is 2. The first-order valence-electron chi connectivity index (χ1n) is 9.14. The van der Waals surface area contributed by atoms with E-state index in [0.717, 1.165) is 22.4 Å². The molecule has 0 saturated heterocycles. The number of carboxylic acids is 1. The lowest BCUT2D eigenvalue weighted by molar-refractivity contribution is -0.145. The lowest BCUT2D eigenvalue weighted by Gasteiger charge is -2.21. The lowest BCUT2D eigenvalue weighted by atomic mass is 9.86. The highest BCUT2D eigenvalue weighted by Crippen LogP contribution is 2.23. The van der Waals surface area contributed by atoms with Gasteiger partial charge in [0.1, 0.15) is 5.75 Å². The van der Waals surface area contributed by atoms with Gasteiger partial charge in [-0.05, 0) is 57.0 Å². The van der Waals surface area contributed by atoms with Gasteiger partial charge in [0.2, 0.25) is 5.91 Å². The fourth-order valence-corrected chi connectivity index (χ4v) is 3.15. The molecule has 144 valence electrons. The number of amides is 1. The molecule has 27 heavy (non-hydrogen) atoms. The van der Waals surface area contributed by atoms with Gasteiger partial charge in [-0.1, -0.05) is 36.2 Å². The van der Waals surface area contributed by atoms with Gasteiger partial charge in [0.05, 0.1) is 18.4 Å². The molecular weight excluding hydrogens is 342 g/mol. The van der Waals surface area contributed by atoms with Crippen LogP contribution in [0.25, 0.3) is 0 Å². The fourth-order valence-electron chi connectivity index (χ4n) is 3.15. The normalized spacial score (nSPS) is 12.9. The van der Waals surface area contributed by atoms with E-state index in [1.54, 1.807) is 31.2 Å². The topological polar surface area (TPSA) is 75.6 Å². The third kappa shape index (κ3) is 5.84. The van der Waals surface area contributed by atoms with Crippen molar-refractivity contribution in [3.63, 3.8) is 0 Å². The van der Waals surface area contributed by atoms with Crippen molar-refractivity contribution in [2.24, 2.45) is 11.8 Å². The number of carboxylic acid groups (broad SMARTS) is 1.